The predicted octanol–water partition coefficient (Wildman–Crippen LogP) is 5.71. The number of carbonyl (C=O) groups is 2. The highest BCUT2D eigenvalue weighted by atomic mass is 35.5. The number of ether oxygens (including phenoxy) is 1. The number of amides is 2. The normalized spacial score (nSPS) is 16.7. The number of hydrogen-bond donors (Lipinski definition) is 2. The van der Waals surface area contributed by atoms with Crippen LogP contribution in [0.2, 0.25) is 5.02 Å². The van der Waals surface area contributed by atoms with Crippen molar-refractivity contribution in [1.29, 1.82) is 0 Å². The van der Waals surface area contributed by atoms with Crippen molar-refractivity contribution in [3.8, 4) is 5.75 Å². The minimum absolute atomic E-state index is 0.120. The van der Waals surface area contributed by atoms with Crippen LogP contribution < -0.4 is 10.1 Å². The zero-order chi connectivity index (χ0) is 29.7. The zero-order valence-electron chi connectivity index (χ0n) is 23.2. The van der Waals surface area contributed by atoms with E-state index in [4.69, 9.17) is 16.3 Å². The summed E-state index contributed by atoms with van der Waals surface area (Å²) in [6.07, 6.45) is -1.42. The average molecular weight is 584 g/mol. The fourth-order valence-corrected chi connectivity index (χ4v) is 5.26. The lowest BCUT2D eigenvalue weighted by Crippen LogP contribution is -2.57. The number of anilines is 1. The summed E-state index contributed by atoms with van der Waals surface area (Å²) in [5.41, 5.74) is -2.95. The van der Waals surface area contributed by atoms with Crippen molar-refractivity contribution in [2.45, 2.75) is 56.8 Å². The molecule has 1 fully saturated rings. The molecule has 2 aromatic carbocycles. The van der Waals surface area contributed by atoms with Gasteiger partial charge in [0.25, 0.3) is 17.4 Å². The van der Waals surface area contributed by atoms with Gasteiger partial charge in [0.1, 0.15) is 5.75 Å². The van der Waals surface area contributed by atoms with E-state index in [1.807, 2.05) is 13.0 Å². The molecule has 40 heavy (non-hydrogen) atoms. The topological polar surface area (TPSA) is 82.1 Å². The van der Waals surface area contributed by atoms with E-state index < -0.39 is 23.2 Å². The largest absolute Gasteiger partial charge is 0.497 e. The Bertz CT molecular complexity index is 1190. The number of likely N-dealkylation sites (tertiary alicyclic amines) is 1. The van der Waals surface area contributed by atoms with Gasteiger partial charge in [-0.2, -0.15) is 13.2 Å². The first kappa shape index (κ1) is 31.5. The maximum Gasteiger partial charge on any atom is 0.430 e. The fourth-order valence-electron chi connectivity index (χ4n) is 5.00. The second-order valence-electron chi connectivity index (χ2n) is 10.5. The standard InChI is InChI=1S/C29H37ClF3N3O4/c1-19(34-22-11-12-24(25(30)18-22)26(37)35(2)3)7-5-8-20-13-15-36(16-14-20)27(38)28(39,29(31,32)33)21-9-6-10-23(17-21)40-4/h6,9-12,17-20,34,39H,5,7-8,13-16H2,1-4H3/t19-,28?/m1/s1. The Morgan fingerprint density at radius 3 is 2.42 bits per heavy atom. The van der Waals surface area contributed by atoms with Gasteiger partial charge in [0.05, 0.1) is 17.7 Å². The van der Waals surface area contributed by atoms with Gasteiger partial charge in [0.2, 0.25) is 0 Å². The maximum absolute atomic E-state index is 14.0. The molecule has 1 saturated heterocycles. The number of methoxy groups -OCH3 is 1. The number of halogens is 4. The predicted molar refractivity (Wildman–Crippen MR) is 149 cm³/mol. The van der Waals surface area contributed by atoms with E-state index >= 15 is 0 Å². The third kappa shape index (κ3) is 7.20. The van der Waals surface area contributed by atoms with Crippen molar-refractivity contribution >= 4 is 29.1 Å². The van der Waals surface area contributed by atoms with Gasteiger partial charge in [0, 0.05) is 44.5 Å². The van der Waals surface area contributed by atoms with Crippen LogP contribution in [0, 0.1) is 5.92 Å². The van der Waals surface area contributed by atoms with Crippen LogP contribution in [0.3, 0.4) is 0 Å². The van der Waals surface area contributed by atoms with Gasteiger partial charge in [-0.1, -0.05) is 36.6 Å². The quantitative estimate of drug-likeness (QED) is 0.374. The van der Waals surface area contributed by atoms with E-state index in [-0.39, 0.29) is 36.7 Å². The first-order valence-corrected chi connectivity index (χ1v) is 13.7. The molecule has 0 radical (unpaired) electrons. The van der Waals surface area contributed by atoms with Crippen LogP contribution in [0.4, 0.5) is 18.9 Å². The van der Waals surface area contributed by atoms with Gasteiger partial charge in [-0.15, -0.1) is 0 Å². The number of nitrogens with zero attached hydrogens (tertiary/aromatic N) is 2. The molecule has 2 N–H and O–H groups in total. The summed E-state index contributed by atoms with van der Waals surface area (Å²) < 4.78 is 47.1. The lowest BCUT2D eigenvalue weighted by atomic mass is 9.87. The molecular formula is C29H37ClF3N3O4. The van der Waals surface area contributed by atoms with Crippen molar-refractivity contribution in [3.05, 3.63) is 58.6 Å². The molecule has 0 aliphatic carbocycles. The summed E-state index contributed by atoms with van der Waals surface area (Å²) in [5, 5.41) is 14.5. The summed E-state index contributed by atoms with van der Waals surface area (Å²) in [4.78, 5) is 27.8. The third-order valence-corrected chi connectivity index (χ3v) is 7.69. The van der Waals surface area contributed by atoms with Crippen LogP contribution in [0.25, 0.3) is 0 Å². The van der Waals surface area contributed by atoms with Crippen molar-refractivity contribution in [1.82, 2.24) is 9.80 Å². The van der Waals surface area contributed by atoms with E-state index in [9.17, 15) is 27.9 Å². The fraction of sp³-hybridized carbons (Fsp3) is 0.517. The number of benzene rings is 2. The van der Waals surface area contributed by atoms with E-state index in [1.165, 1.54) is 24.1 Å². The van der Waals surface area contributed by atoms with Crippen LogP contribution in [0.5, 0.6) is 5.75 Å². The van der Waals surface area contributed by atoms with Crippen molar-refractivity contribution in [2.75, 3.05) is 39.6 Å². The highest BCUT2D eigenvalue weighted by molar-refractivity contribution is 6.34. The molecule has 1 aliphatic rings. The molecule has 1 heterocycles. The minimum Gasteiger partial charge on any atom is -0.497 e. The Balaban J connectivity index is 1.51. The van der Waals surface area contributed by atoms with Gasteiger partial charge in [0.15, 0.2) is 0 Å². The third-order valence-electron chi connectivity index (χ3n) is 7.38. The van der Waals surface area contributed by atoms with Gasteiger partial charge >= 0.3 is 6.18 Å². The average Bonchev–Trinajstić information content (AvgIpc) is 2.91. The maximum atomic E-state index is 14.0. The van der Waals surface area contributed by atoms with Crippen LogP contribution in [0.1, 0.15) is 54.9 Å². The molecule has 7 nitrogen and oxygen atoms in total. The van der Waals surface area contributed by atoms with E-state index in [0.29, 0.717) is 23.4 Å². The number of nitrogens with one attached hydrogen (secondary N) is 1. The number of piperidine rings is 1. The van der Waals surface area contributed by atoms with E-state index in [1.54, 1.807) is 26.2 Å². The second-order valence-corrected chi connectivity index (χ2v) is 11.0. The minimum atomic E-state index is -5.19. The zero-order valence-corrected chi connectivity index (χ0v) is 24.0. The highest BCUT2D eigenvalue weighted by Gasteiger charge is 2.62. The summed E-state index contributed by atoms with van der Waals surface area (Å²) in [6.45, 7) is 2.34. The molecule has 0 spiro atoms. The van der Waals surface area contributed by atoms with Gasteiger partial charge < -0.3 is 25.0 Å². The molecule has 0 bridgehead atoms. The SMILES string of the molecule is COc1cccc(C(O)(C(=O)N2CCC(CCC[C@@H](C)Nc3ccc(C(=O)N(C)C)c(Cl)c3)CC2)C(F)(F)F)c1. The molecule has 1 aliphatic heterocycles. The van der Waals surface area contributed by atoms with Crippen LogP contribution in [-0.2, 0) is 10.4 Å². The molecule has 11 heteroatoms. The van der Waals surface area contributed by atoms with Crippen molar-refractivity contribution < 1.29 is 32.6 Å². The highest BCUT2D eigenvalue weighted by Crippen LogP contribution is 2.42. The number of alkyl halides is 3. The number of carbonyl (C=O) groups excluding carboxylic acids is 2. The smallest absolute Gasteiger partial charge is 0.430 e. The lowest BCUT2D eigenvalue weighted by molar-refractivity contribution is -0.262. The Morgan fingerprint density at radius 2 is 1.85 bits per heavy atom. The Hall–Kier alpha value is -2.98. The van der Waals surface area contributed by atoms with Crippen molar-refractivity contribution in [3.63, 3.8) is 0 Å². The number of rotatable bonds is 10. The summed E-state index contributed by atoms with van der Waals surface area (Å²) in [7, 11) is 4.64. The van der Waals surface area contributed by atoms with Gasteiger partial charge in [-0.25, -0.2) is 0 Å². The van der Waals surface area contributed by atoms with E-state index in [2.05, 4.69) is 5.32 Å². The Kier molecular flexibility index (Phi) is 10.3. The molecule has 2 aromatic rings. The molecule has 0 saturated carbocycles. The molecule has 3 rings (SSSR count). The lowest BCUT2D eigenvalue weighted by Gasteiger charge is -2.38. The summed E-state index contributed by atoms with van der Waals surface area (Å²) in [5.74, 6) is -1.13. The number of aliphatic hydroxyl groups is 1. The molecule has 2 amide bonds. The Morgan fingerprint density at radius 1 is 1.18 bits per heavy atom. The first-order chi connectivity index (χ1) is 18.8. The first-order valence-electron chi connectivity index (χ1n) is 13.3. The Labute approximate surface area is 238 Å². The molecule has 0 aromatic heterocycles. The molecular weight excluding hydrogens is 547 g/mol. The van der Waals surface area contributed by atoms with Gasteiger partial charge in [-0.3, -0.25) is 9.59 Å². The monoisotopic (exact) mass is 583 g/mol. The molecule has 1 unspecified atom stereocenters. The summed E-state index contributed by atoms with van der Waals surface area (Å²) in [6, 6.07) is 10.3. The van der Waals surface area contributed by atoms with Crippen LogP contribution >= 0.6 is 11.6 Å². The molecule has 2 atom stereocenters. The molecule has 220 valence electrons. The van der Waals surface area contributed by atoms with Gasteiger partial charge in [-0.05, 0) is 62.4 Å². The number of hydrogen-bond acceptors (Lipinski definition) is 5. The second kappa shape index (κ2) is 13.1. The van der Waals surface area contributed by atoms with Crippen LogP contribution in [-0.4, -0.2) is 73.2 Å². The van der Waals surface area contributed by atoms with Crippen LogP contribution in [0.15, 0.2) is 42.5 Å². The summed E-state index contributed by atoms with van der Waals surface area (Å²) >= 11 is 6.29. The van der Waals surface area contributed by atoms with E-state index in [0.717, 1.165) is 42.0 Å². The van der Waals surface area contributed by atoms with Crippen molar-refractivity contribution in [2.24, 2.45) is 5.92 Å².